The molecule has 21 heavy (non-hydrogen) atoms. The average Bonchev–Trinajstić information content (AvgIpc) is 2.75. The number of carbonyl (C=O) groups is 2. The molecule has 0 saturated carbocycles. The van der Waals surface area contributed by atoms with Gasteiger partial charge >= 0.3 is 5.97 Å². The molecule has 0 aliphatic rings. The highest BCUT2D eigenvalue weighted by Crippen LogP contribution is 2.24. The molecule has 0 radical (unpaired) electrons. The van der Waals surface area contributed by atoms with E-state index in [1.807, 2.05) is 26.2 Å². The minimum atomic E-state index is -1.40. The van der Waals surface area contributed by atoms with E-state index in [1.54, 1.807) is 0 Å². The molecule has 1 heterocycles. The SMILES string of the molecule is CC(=O)NC(CS(=O)Cc1nc(C(C)(C)C)cs1)C(=O)O. The highest BCUT2D eigenvalue weighted by atomic mass is 32.2. The lowest BCUT2D eigenvalue weighted by molar-refractivity contribution is -0.140. The number of carbonyl (C=O) groups excluding carboxylic acids is 1. The van der Waals surface area contributed by atoms with E-state index < -0.39 is 28.7 Å². The summed E-state index contributed by atoms with van der Waals surface area (Å²) in [5, 5.41) is 13.9. The maximum atomic E-state index is 12.0. The van der Waals surface area contributed by atoms with Crippen LogP contribution in [0.5, 0.6) is 0 Å². The van der Waals surface area contributed by atoms with Gasteiger partial charge in [0.1, 0.15) is 11.0 Å². The lowest BCUT2D eigenvalue weighted by Crippen LogP contribution is -2.43. The maximum absolute atomic E-state index is 12.0. The van der Waals surface area contributed by atoms with Crippen molar-refractivity contribution in [3.05, 3.63) is 16.1 Å². The van der Waals surface area contributed by atoms with Crippen molar-refractivity contribution in [3.63, 3.8) is 0 Å². The zero-order valence-corrected chi connectivity index (χ0v) is 14.1. The second-order valence-corrected chi connectivity index (χ2v) is 8.16. The van der Waals surface area contributed by atoms with Crippen LogP contribution in [0.1, 0.15) is 38.4 Å². The molecular formula is C13H20N2O4S2. The van der Waals surface area contributed by atoms with Crippen LogP contribution in [0.2, 0.25) is 0 Å². The molecule has 0 saturated heterocycles. The molecule has 1 aromatic heterocycles. The van der Waals surface area contributed by atoms with E-state index in [-0.39, 0.29) is 16.9 Å². The molecule has 1 aromatic rings. The number of nitrogens with zero attached hydrogens (tertiary/aromatic N) is 1. The summed E-state index contributed by atoms with van der Waals surface area (Å²) in [4.78, 5) is 26.3. The molecule has 0 aliphatic carbocycles. The molecule has 1 amide bonds. The second kappa shape index (κ2) is 7.13. The Balaban J connectivity index is 2.66. The van der Waals surface area contributed by atoms with E-state index in [1.165, 1.54) is 18.3 Å². The Morgan fingerprint density at radius 3 is 2.52 bits per heavy atom. The number of hydrogen-bond acceptors (Lipinski definition) is 5. The van der Waals surface area contributed by atoms with Gasteiger partial charge in [-0.2, -0.15) is 0 Å². The number of carboxylic acid groups (broad SMARTS) is 1. The molecule has 118 valence electrons. The molecule has 0 spiro atoms. The Hall–Kier alpha value is -1.28. The van der Waals surface area contributed by atoms with Gasteiger partial charge in [0.15, 0.2) is 0 Å². The summed E-state index contributed by atoms with van der Waals surface area (Å²) >= 11 is 1.42. The van der Waals surface area contributed by atoms with Crippen LogP contribution in [0.3, 0.4) is 0 Å². The normalized spacial score (nSPS) is 14.5. The fourth-order valence-corrected chi connectivity index (χ4v) is 4.05. The van der Waals surface area contributed by atoms with Crippen molar-refractivity contribution < 1.29 is 18.9 Å². The lowest BCUT2D eigenvalue weighted by Gasteiger charge is -2.14. The summed E-state index contributed by atoms with van der Waals surface area (Å²) < 4.78 is 12.0. The van der Waals surface area contributed by atoms with Gasteiger partial charge in [-0.1, -0.05) is 20.8 Å². The van der Waals surface area contributed by atoms with Crippen molar-refractivity contribution in [1.82, 2.24) is 10.3 Å². The van der Waals surface area contributed by atoms with Crippen LogP contribution in [0, 0.1) is 0 Å². The largest absolute Gasteiger partial charge is 0.480 e. The Morgan fingerprint density at radius 1 is 1.48 bits per heavy atom. The molecule has 2 N–H and O–H groups in total. The van der Waals surface area contributed by atoms with Crippen LogP contribution in [-0.2, 0) is 31.6 Å². The van der Waals surface area contributed by atoms with Gasteiger partial charge in [0, 0.05) is 28.5 Å². The summed E-state index contributed by atoms with van der Waals surface area (Å²) in [6.45, 7) is 7.36. The summed E-state index contributed by atoms with van der Waals surface area (Å²) in [7, 11) is -1.40. The highest BCUT2D eigenvalue weighted by molar-refractivity contribution is 7.84. The molecule has 2 atom stereocenters. The Labute approximate surface area is 130 Å². The Morgan fingerprint density at radius 2 is 2.10 bits per heavy atom. The van der Waals surface area contributed by atoms with Crippen molar-refractivity contribution in [1.29, 1.82) is 0 Å². The van der Waals surface area contributed by atoms with Gasteiger partial charge in [-0.15, -0.1) is 11.3 Å². The third-order valence-electron chi connectivity index (χ3n) is 2.63. The van der Waals surface area contributed by atoms with Gasteiger partial charge in [0.2, 0.25) is 5.91 Å². The molecule has 8 heteroatoms. The molecule has 0 aromatic carbocycles. The third kappa shape index (κ3) is 5.92. The minimum Gasteiger partial charge on any atom is -0.480 e. The monoisotopic (exact) mass is 332 g/mol. The van der Waals surface area contributed by atoms with Crippen molar-refractivity contribution in [2.75, 3.05) is 5.75 Å². The van der Waals surface area contributed by atoms with Gasteiger partial charge < -0.3 is 10.4 Å². The quantitative estimate of drug-likeness (QED) is 0.818. The molecule has 0 aliphatic heterocycles. The first-order valence-corrected chi connectivity index (χ1v) is 8.76. The molecular weight excluding hydrogens is 312 g/mol. The van der Waals surface area contributed by atoms with Crippen LogP contribution in [0.25, 0.3) is 0 Å². The smallest absolute Gasteiger partial charge is 0.327 e. The van der Waals surface area contributed by atoms with Crippen molar-refractivity contribution >= 4 is 34.0 Å². The zero-order chi connectivity index (χ0) is 16.2. The number of nitrogens with one attached hydrogen (secondary N) is 1. The number of carboxylic acids is 1. The van der Waals surface area contributed by atoms with Gasteiger partial charge in [0.25, 0.3) is 0 Å². The number of aromatic nitrogens is 1. The molecule has 0 fully saturated rings. The minimum absolute atomic E-state index is 0.0734. The Bertz CT molecular complexity index is 549. The van der Waals surface area contributed by atoms with Crippen LogP contribution >= 0.6 is 11.3 Å². The zero-order valence-electron chi connectivity index (χ0n) is 12.5. The van der Waals surface area contributed by atoms with E-state index in [9.17, 15) is 13.8 Å². The van der Waals surface area contributed by atoms with Crippen LogP contribution in [0.15, 0.2) is 5.38 Å². The fraction of sp³-hybridized carbons (Fsp3) is 0.615. The molecule has 1 rings (SSSR count). The number of amides is 1. The summed E-state index contributed by atoms with van der Waals surface area (Å²) in [6, 6.07) is -1.13. The van der Waals surface area contributed by atoms with Crippen molar-refractivity contribution in [3.8, 4) is 0 Å². The maximum Gasteiger partial charge on any atom is 0.327 e. The second-order valence-electron chi connectivity index (χ2n) is 5.72. The molecule has 2 unspecified atom stereocenters. The predicted octanol–water partition coefficient (Wildman–Crippen LogP) is 1.28. The first-order chi connectivity index (χ1) is 9.59. The van der Waals surface area contributed by atoms with Gasteiger partial charge in [-0.3, -0.25) is 9.00 Å². The standard InChI is InChI=1S/C13H20N2O4S2/c1-8(16)14-9(12(17)18)6-21(19)7-11-15-10(5-20-11)13(2,3)4/h5,9H,6-7H2,1-4H3,(H,14,16)(H,17,18). The van der Waals surface area contributed by atoms with Crippen LogP contribution in [0.4, 0.5) is 0 Å². The van der Waals surface area contributed by atoms with Gasteiger partial charge in [0.05, 0.1) is 17.2 Å². The predicted molar refractivity (Wildman–Crippen MR) is 82.8 cm³/mol. The van der Waals surface area contributed by atoms with Crippen LogP contribution < -0.4 is 5.32 Å². The number of rotatable bonds is 6. The fourth-order valence-electron chi connectivity index (χ4n) is 1.52. The summed E-state index contributed by atoms with van der Waals surface area (Å²) in [5.74, 6) is -1.57. The number of hydrogen-bond donors (Lipinski definition) is 2. The molecule has 6 nitrogen and oxygen atoms in total. The highest BCUT2D eigenvalue weighted by Gasteiger charge is 2.23. The first-order valence-electron chi connectivity index (χ1n) is 6.39. The van der Waals surface area contributed by atoms with E-state index >= 15 is 0 Å². The average molecular weight is 332 g/mol. The van der Waals surface area contributed by atoms with E-state index in [0.29, 0.717) is 5.01 Å². The van der Waals surface area contributed by atoms with Crippen molar-refractivity contribution in [2.45, 2.75) is 44.9 Å². The van der Waals surface area contributed by atoms with E-state index in [4.69, 9.17) is 5.11 Å². The summed E-state index contributed by atoms with van der Waals surface area (Å²) in [6.07, 6.45) is 0. The van der Waals surface area contributed by atoms with Crippen LogP contribution in [-0.4, -0.2) is 38.0 Å². The number of thiazole rings is 1. The molecule has 0 bridgehead atoms. The van der Waals surface area contributed by atoms with Crippen molar-refractivity contribution in [2.24, 2.45) is 0 Å². The van der Waals surface area contributed by atoms with E-state index in [2.05, 4.69) is 10.3 Å². The van der Waals surface area contributed by atoms with Gasteiger partial charge in [-0.25, -0.2) is 9.78 Å². The summed E-state index contributed by atoms with van der Waals surface area (Å²) in [5.41, 5.74) is 0.854. The topological polar surface area (TPSA) is 96.4 Å². The Kier molecular flexibility index (Phi) is 6.03. The number of aliphatic carboxylic acids is 1. The van der Waals surface area contributed by atoms with Gasteiger partial charge in [-0.05, 0) is 0 Å². The van der Waals surface area contributed by atoms with E-state index in [0.717, 1.165) is 5.69 Å². The lowest BCUT2D eigenvalue weighted by atomic mass is 9.93. The first kappa shape index (κ1) is 17.8. The third-order valence-corrected chi connectivity index (χ3v) is 4.96.